The first kappa shape index (κ1) is 4.98. The van der Waals surface area contributed by atoms with Gasteiger partial charge in [-0.05, 0) is 5.53 Å². The molecule has 0 unspecified atom stereocenters. The lowest BCUT2D eigenvalue weighted by Gasteiger charge is -1.62. The average Bonchev–Trinajstić information content (AvgIpc) is 1.61. The van der Waals surface area contributed by atoms with Gasteiger partial charge in [-0.15, -0.1) is 0 Å². The molecule has 4 heteroatoms. The summed E-state index contributed by atoms with van der Waals surface area (Å²) in [7, 11) is 0. The topological polar surface area (TPSA) is 72.6 Å². The number of azide groups is 1. The molecule has 0 saturated heterocycles. The molecule has 4 nitrogen and oxygen atoms in total. The van der Waals surface area contributed by atoms with Gasteiger partial charge in [0.15, 0.2) is 0 Å². The lowest BCUT2D eigenvalue weighted by Crippen LogP contribution is -1.70. The Kier molecular flexibility index (Phi) is 3.30. The van der Waals surface area contributed by atoms with E-state index in [-0.39, 0.29) is 6.54 Å². The van der Waals surface area contributed by atoms with Crippen molar-refractivity contribution in [3.05, 3.63) is 10.4 Å². The van der Waals surface area contributed by atoms with Crippen LogP contribution in [0.2, 0.25) is 0 Å². The maximum absolute atomic E-state index is 7.55. The van der Waals surface area contributed by atoms with Crippen molar-refractivity contribution in [3.8, 4) is 0 Å². The Balaban J connectivity index is 3.07. The third-order valence-electron chi connectivity index (χ3n) is 0.236. The molecule has 0 aliphatic heterocycles. The van der Waals surface area contributed by atoms with Crippen molar-refractivity contribution in [1.82, 2.24) is 0 Å². The third kappa shape index (κ3) is 2.98. The zero-order chi connectivity index (χ0) is 4.83. The normalized spacial score (nSPS) is 6.00. The van der Waals surface area contributed by atoms with Crippen LogP contribution in [-0.2, 0) is 0 Å². The summed E-state index contributed by atoms with van der Waals surface area (Å²) >= 11 is 0. The van der Waals surface area contributed by atoms with E-state index in [4.69, 9.17) is 10.9 Å². The second-order valence-corrected chi connectivity index (χ2v) is 0.618. The molecular formula is C2H4N4. The van der Waals surface area contributed by atoms with Gasteiger partial charge in [-0.2, -0.15) is 0 Å². The van der Waals surface area contributed by atoms with Crippen LogP contribution in [0.4, 0.5) is 0 Å². The molecule has 1 N–H and O–H groups in total. The van der Waals surface area contributed by atoms with E-state index in [0.717, 1.165) is 6.21 Å². The number of nitrogens with zero attached hydrogens (tertiary/aromatic N) is 3. The summed E-state index contributed by atoms with van der Waals surface area (Å²) in [5, 5.41) is 9.34. The minimum Gasteiger partial charge on any atom is -0.313 e. The van der Waals surface area contributed by atoms with Crippen molar-refractivity contribution in [1.29, 1.82) is 5.41 Å². The molecule has 6 heavy (non-hydrogen) atoms. The molecule has 0 spiro atoms. The van der Waals surface area contributed by atoms with Crippen LogP contribution in [-0.4, -0.2) is 12.8 Å². The summed E-state index contributed by atoms with van der Waals surface area (Å²) in [6, 6.07) is 0. The Morgan fingerprint density at radius 2 is 2.67 bits per heavy atom. The van der Waals surface area contributed by atoms with E-state index in [9.17, 15) is 0 Å². The van der Waals surface area contributed by atoms with Crippen LogP contribution in [0, 0.1) is 5.41 Å². The first-order valence-electron chi connectivity index (χ1n) is 1.41. The predicted octanol–water partition coefficient (Wildman–Crippen LogP) is 0.946. The third-order valence-corrected chi connectivity index (χ3v) is 0.236. The van der Waals surface area contributed by atoms with Gasteiger partial charge in [-0.25, -0.2) is 0 Å². The highest BCUT2D eigenvalue weighted by atomic mass is 15.1. The van der Waals surface area contributed by atoms with Gasteiger partial charge in [0, 0.05) is 11.1 Å². The first-order chi connectivity index (χ1) is 2.91. The van der Waals surface area contributed by atoms with Gasteiger partial charge in [-0.1, -0.05) is 5.11 Å². The van der Waals surface area contributed by atoms with Crippen LogP contribution in [0.1, 0.15) is 0 Å². The quantitative estimate of drug-likeness (QED) is 0.224. The SMILES string of the molecule is [N-]=[N+]=NCC=N. The van der Waals surface area contributed by atoms with Crippen molar-refractivity contribution in [2.75, 3.05) is 6.54 Å². The highest BCUT2D eigenvalue weighted by molar-refractivity contribution is 5.55. The smallest absolute Gasteiger partial charge is 0.0607 e. The van der Waals surface area contributed by atoms with Gasteiger partial charge in [0.25, 0.3) is 0 Å². The van der Waals surface area contributed by atoms with Crippen LogP contribution < -0.4 is 0 Å². The van der Waals surface area contributed by atoms with Crippen LogP contribution in [0.25, 0.3) is 10.4 Å². The molecule has 0 fully saturated rings. The van der Waals surface area contributed by atoms with Crippen molar-refractivity contribution in [3.63, 3.8) is 0 Å². The van der Waals surface area contributed by atoms with Gasteiger partial charge in [0.2, 0.25) is 0 Å². The molecule has 0 aliphatic carbocycles. The van der Waals surface area contributed by atoms with Gasteiger partial charge in [0.05, 0.1) is 6.54 Å². The van der Waals surface area contributed by atoms with Gasteiger partial charge >= 0.3 is 0 Å². The fourth-order valence-electron chi connectivity index (χ4n) is 0.0773. The average molecular weight is 84.1 g/mol. The number of rotatable bonds is 2. The van der Waals surface area contributed by atoms with Crippen LogP contribution in [0.15, 0.2) is 5.11 Å². The van der Waals surface area contributed by atoms with Gasteiger partial charge in [-0.3, -0.25) is 0 Å². The molecule has 0 amide bonds. The fourth-order valence-corrected chi connectivity index (χ4v) is 0.0773. The zero-order valence-electron chi connectivity index (χ0n) is 3.13. The molecular weight excluding hydrogens is 80.0 g/mol. The minimum absolute atomic E-state index is 0.163. The second kappa shape index (κ2) is 3.98. The molecule has 0 aromatic rings. The molecule has 0 rings (SSSR count). The lowest BCUT2D eigenvalue weighted by molar-refractivity contribution is 1.27. The Hall–Kier alpha value is -1.02. The molecule has 0 bridgehead atoms. The Morgan fingerprint density at radius 1 is 2.00 bits per heavy atom. The summed E-state index contributed by atoms with van der Waals surface area (Å²) in [4.78, 5) is 2.40. The molecule has 0 aromatic heterocycles. The number of hydrogen-bond donors (Lipinski definition) is 1. The zero-order valence-corrected chi connectivity index (χ0v) is 3.13. The Labute approximate surface area is 34.9 Å². The fraction of sp³-hybridized carbons (Fsp3) is 0.500. The summed E-state index contributed by atoms with van der Waals surface area (Å²) < 4.78 is 0. The molecule has 0 saturated carbocycles. The maximum atomic E-state index is 7.55. The highest BCUT2D eigenvalue weighted by Gasteiger charge is 1.59. The van der Waals surface area contributed by atoms with Gasteiger partial charge < -0.3 is 5.41 Å². The summed E-state index contributed by atoms with van der Waals surface area (Å²) in [6.45, 7) is 0.163. The number of hydrogen-bond acceptors (Lipinski definition) is 2. The standard InChI is InChI=1S/C2H4N4/c3-1-2-5-6-4/h1,3H,2H2. The van der Waals surface area contributed by atoms with Crippen molar-refractivity contribution in [2.24, 2.45) is 5.11 Å². The van der Waals surface area contributed by atoms with Gasteiger partial charge in [0.1, 0.15) is 0 Å². The van der Waals surface area contributed by atoms with E-state index >= 15 is 0 Å². The van der Waals surface area contributed by atoms with E-state index < -0.39 is 0 Å². The minimum atomic E-state index is 0.163. The van der Waals surface area contributed by atoms with E-state index in [0.29, 0.717) is 0 Å². The number of nitrogens with one attached hydrogen (secondary N) is 1. The van der Waals surface area contributed by atoms with Crippen molar-refractivity contribution in [2.45, 2.75) is 0 Å². The summed E-state index contributed by atoms with van der Waals surface area (Å²) in [6.07, 6.45) is 1.04. The molecule has 0 aliphatic rings. The van der Waals surface area contributed by atoms with E-state index in [1.807, 2.05) is 0 Å². The second-order valence-electron chi connectivity index (χ2n) is 0.618. The first-order valence-corrected chi connectivity index (χ1v) is 1.41. The Morgan fingerprint density at radius 3 is 2.83 bits per heavy atom. The largest absolute Gasteiger partial charge is 0.313 e. The van der Waals surface area contributed by atoms with Crippen LogP contribution >= 0.6 is 0 Å². The van der Waals surface area contributed by atoms with E-state index in [1.54, 1.807) is 0 Å². The van der Waals surface area contributed by atoms with E-state index in [1.165, 1.54) is 0 Å². The van der Waals surface area contributed by atoms with Crippen molar-refractivity contribution >= 4 is 6.21 Å². The Bertz CT molecular complexity index is 79.5. The summed E-state index contributed by atoms with van der Waals surface area (Å²) in [5.41, 5.74) is 7.55. The highest BCUT2D eigenvalue weighted by Crippen LogP contribution is 1.60. The van der Waals surface area contributed by atoms with E-state index in [2.05, 4.69) is 10.0 Å². The van der Waals surface area contributed by atoms with Crippen molar-refractivity contribution < 1.29 is 0 Å². The molecule has 0 atom stereocenters. The predicted molar refractivity (Wildman–Crippen MR) is 22.8 cm³/mol. The summed E-state index contributed by atoms with van der Waals surface area (Å²) in [5.74, 6) is 0. The molecule has 0 radical (unpaired) electrons. The molecule has 0 heterocycles. The van der Waals surface area contributed by atoms with Crippen LogP contribution in [0.5, 0.6) is 0 Å². The lowest BCUT2D eigenvalue weighted by atomic mass is 10.8. The maximum Gasteiger partial charge on any atom is 0.0607 e. The molecule has 32 valence electrons. The monoisotopic (exact) mass is 84.0 g/mol. The van der Waals surface area contributed by atoms with Crippen LogP contribution in [0.3, 0.4) is 0 Å². The molecule has 0 aromatic carbocycles.